The summed E-state index contributed by atoms with van der Waals surface area (Å²) in [6.07, 6.45) is 4.57. The molecule has 1 aliphatic rings. The number of benzene rings is 2. The predicted molar refractivity (Wildman–Crippen MR) is 146 cm³/mol. The molecule has 0 bridgehead atoms. The van der Waals surface area contributed by atoms with E-state index in [9.17, 15) is 23.6 Å². The van der Waals surface area contributed by atoms with Gasteiger partial charge in [-0.05, 0) is 73.6 Å². The minimum atomic E-state index is -4.41. The third-order valence-corrected chi connectivity index (χ3v) is 8.93. The fourth-order valence-corrected chi connectivity index (χ4v) is 6.28. The fourth-order valence-electron chi connectivity index (χ4n) is 4.93. The highest BCUT2D eigenvalue weighted by Crippen LogP contribution is 2.35. The molecule has 0 amide bonds. The van der Waals surface area contributed by atoms with Crippen molar-refractivity contribution in [3.8, 4) is 23.1 Å². The van der Waals surface area contributed by atoms with Crippen LogP contribution in [0.25, 0.3) is 11.1 Å². The molecule has 198 valence electrons. The van der Waals surface area contributed by atoms with Gasteiger partial charge in [-0.15, -0.1) is 0 Å². The monoisotopic (exact) mass is 540 g/mol. The number of sulfone groups is 1. The molecule has 1 atom stereocenters. The van der Waals surface area contributed by atoms with Crippen molar-refractivity contribution in [1.29, 1.82) is 5.26 Å². The van der Waals surface area contributed by atoms with E-state index in [2.05, 4.69) is 16.0 Å². The second kappa shape index (κ2) is 10.5. The lowest BCUT2D eigenvalue weighted by atomic mass is 10.0. The highest BCUT2D eigenvalue weighted by Gasteiger charge is 2.33. The van der Waals surface area contributed by atoms with E-state index < -0.39 is 32.2 Å². The molecule has 1 saturated carbocycles. The lowest BCUT2D eigenvalue weighted by molar-refractivity contribution is 0.406. The van der Waals surface area contributed by atoms with Gasteiger partial charge >= 0.3 is 0 Å². The molecule has 2 aromatic heterocycles. The molecule has 4 aromatic rings. The first-order valence-corrected chi connectivity index (χ1v) is 14.3. The van der Waals surface area contributed by atoms with Crippen LogP contribution in [0.1, 0.15) is 54.9 Å². The van der Waals surface area contributed by atoms with Gasteiger partial charge in [0.1, 0.15) is 5.82 Å². The molecule has 39 heavy (non-hydrogen) atoms. The Morgan fingerprint density at radius 1 is 1.13 bits per heavy atom. The molecular weight excluding hydrogens is 512 g/mol. The lowest BCUT2D eigenvalue weighted by Gasteiger charge is -2.23. The number of pyridine rings is 1. The lowest BCUT2D eigenvalue weighted by Crippen LogP contribution is -2.33. The first kappa shape index (κ1) is 26.3. The van der Waals surface area contributed by atoms with Crippen molar-refractivity contribution in [2.75, 3.05) is 0 Å². The Morgan fingerprint density at radius 2 is 1.87 bits per heavy atom. The van der Waals surface area contributed by atoms with Crippen molar-refractivity contribution in [3.05, 3.63) is 99.9 Å². The van der Waals surface area contributed by atoms with Crippen LogP contribution >= 0.6 is 0 Å². The van der Waals surface area contributed by atoms with E-state index in [1.807, 2.05) is 26.0 Å². The number of aromatic nitrogens is 3. The Kier molecular flexibility index (Phi) is 7.06. The smallest absolute Gasteiger partial charge is 0.277 e. The second-order valence-electron chi connectivity index (χ2n) is 9.83. The third-order valence-electron chi connectivity index (χ3n) is 7.15. The van der Waals surface area contributed by atoms with Gasteiger partial charge < -0.3 is 5.11 Å². The van der Waals surface area contributed by atoms with Crippen molar-refractivity contribution in [1.82, 2.24) is 14.5 Å². The van der Waals surface area contributed by atoms with Crippen molar-refractivity contribution in [2.24, 2.45) is 5.92 Å². The van der Waals surface area contributed by atoms with Crippen LogP contribution in [0, 0.1) is 24.2 Å². The Labute approximate surface area is 227 Å². The molecule has 0 aliphatic heterocycles. The molecule has 1 N–H and O–H groups in total. The van der Waals surface area contributed by atoms with Crippen LogP contribution < -0.4 is 5.56 Å². The van der Waals surface area contributed by atoms with E-state index in [1.165, 1.54) is 16.7 Å². The summed E-state index contributed by atoms with van der Waals surface area (Å²) in [7, 11) is -4.41. The van der Waals surface area contributed by atoms with Gasteiger partial charge in [0.25, 0.3) is 5.56 Å². The Bertz CT molecular complexity index is 1750. The van der Waals surface area contributed by atoms with E-state index >= 15 is 0 Å². The van der Waals surface area contributed by atoms with Crippen LogP contribution in [0.4, 0.5) is 0 Å². The minimum absolute atomic E-state index is 0.122. The molecule has 1 fully saturated rings. The van der Waals surface area contributed by atoms with E-state index in [0.717, 1.165) is 29.7 Å². The maximum atomic E-state index is 14.0. The van der Waals surface area contributed by atoms with Crippen molar-refractivity contribution >= 4 is 9.84 Å². The van der Waals surface area contributed by atoms with Crippen LogP contribution in [-0.2, 0) is 16.3 Å². The van der Waals surface area contributed by atoms with Crippen molar-refractivity contribution in [3.63, 3.8) is 0 Å². The number of nitrogens with zero attached hydrogens (tertiary/aromatic N) is 4. The van der Waals surface area contributed by atoms with Crippen LogP contribution in [0.15, 0.2) is 81.4 Å². The highest BCUT2D eigenvalue weighted by molar-refractivity contribution is 7.91. The van der Waals surface area contributed by atoms with E-state index in [4.69, 9.17) is 0 Å². The summed E-state index contributed by atoms with van der Waals surface area (Å²) >= 11 is 0. The molecule has 5 rings (SSSR count). The van der Waals surface area contributed by atoms with Gasteiger partial charge in [0.2, 0.25) is 15.7 Å². The van der Waals surface area contributed by atoms with Gasteiger partial charge in [0.15, 0.2) is 4.90 Å². The average molecular weight is 541 g/mol. The minimum Gasteiger partial charge on any atom is -0.492 e. The zero-order chi connectivity index (χ0) is 27.7. The van der Waals surface area contributed by atoms with E-state index in [1.54, 1.807) is 42.6 Å². The zero-order valence-electron chi connectivity index (χ0n) is 21.7. The molecule has 8 nitrogen and oxygen atoms in total. The molecule has 2 heterocycles. The summed E-state index contributed by atoms with van der Waals surface area (Å²) in [6, 6.07) is 18.3. The number of rotatable bonds is 8. The standard InChI is InChI=1S/C30H28N4O4S/c1-3-26(23-7-4-6-21(16-23)18-31)34-27(17-20-9-10-20)33-29(35)28(30(34)36)39(37,38)24-13-11-22(12-14-24)25-8-5-15-32-19(25)2/h4-8,11-16,20,26,35H,3,9-10,17H2,1-2H3. The predicted octanol–water partition coefficient (Wildman–Crippen LogP) is 4.98. The Hall–Kier alpha value is -4.29. The summed E-state index contributed by atoms with van der Waals surface area (Å²) in [6.45, 7) is 3.75. The van der Waals surface area contributed by atoms with Crippen molar-refractivity contribution in [2.45, 2.75) is 55.4 Å². The van der Waals surface area contributed by atoms with Gasteiger partial charge in [0, 0.05) is 23.9 Å². The molecule has 0 radical (unpaired) electrons. The molecule has 0 saturated heterocycles. The molecule has 9 heteroatoms. The highest BCUT2D eigenvalue weighted by atomic mass is 32.2. The van der Waals surface area contributed by atoms with Crippen LogP contribution in [0.2, 0.25) is 0 Å². The number of hydrogen-bond acceptors (Lipinski definition) is 7. The Balaban J connectivity index is 1.64. The molecular formula is C30H28N4O4S. The summed E-state index contributed by atoms with van der Waals surface area (Å²) in [5.41, 5.74) is 2.76. The SMILES string of the molecule is CCC(c1cccc(C#N)c1)n1c(CC2CC2)nc(O)c(S(=O)(=O)c2ccc(-c3cccnc3C)cc2)c1=O. The van der Waals surface area contributed by atoms with E-state index in [-0.39, 0.29) is 4.90 Å². The number of aryl methyl sites for hydroxylation is 1. The van der Waals surface area contributed by atoms with Crippen LogP contribution in [0.3, 0.4) is 0 Å². The average Bonchev–Trinajstić information content (AvgIpc) is 3.75. The van der Waals surface area contributed by atoms with Gasteiger partial charge in [-0.3, -0.25) is 14.3 Å². The molecule has 1 aliphatic carbocycles. The Morgan fingerprint density at radius 3 is 2.51 bits per heavy atom. The maximum absolute atomic E-state index is 14.0. The molecule has 1 unspecified atom stereocenters. The van der Waals surface area contributed by atoms with Gasteiger partial charge in [-0.1, -0.05) is 37.3 Å². The quantitative estimate of drug-likeness (QED) is 0.334. The summed E-state index contributed by atoms with van der Waals surface area (Å²) in [5.74, 6) is -0.119. The number of hydrogen-bond donors (Lipinski definition) is 1. The van der Waals surface area contributed by atoms with Gasteiger partial charge in [-0.2, -0.15) is 10.2 Å². The maximum Gasteiger partial charge on any atom is 0.277 e. The largest absolute Gasteiger partial charge is 0.492 e. The first-order valence-electron chi connectivity index (χ1n) is 12.9. The number of nitriles is 1. The van der Waals surface area contributed by atoms with Gasteiger partial charge in [-0.25, -0.2) is 8.42 Å². The zero-order valence-corrected chi connectivity index (χ0v) is 22.5. The normalized spacial score (nSPS) is 14.1. The van der Waals surface area contributed by atoms with Crippen LogP contribution in [0.5, 0.6) is 5.88 Å². The number of aromatic hydroxyl groups is 1. The molecule has 2 aromatic carbocycles. The first-order chi connectivity index (χ1) is 18.7. The summed E-state index contributed by atoms with van der Waals surface area (Å²) in [5, 5.41) is 20.2. The summed E-state index contributed by atoms with van der Waals surface area (Å²) in [4.78, 5) is 21.7. The summed E-state index contributed by atoms with van der Waals surface area (Å²) < 4.78 is 28.9. The molecule has 0 spiro atoms. The van der Waals surface area contributed by atoms with Crippen molar-refractivity contribution < 1.29 is 13.5 Å². The van der Waals surface area contributed by atoms with Gasteiger partial charge in [0.05, 0.1) is 22.6 Å². The third kappa shape index (κ3) is 5.08. The van der Waals surface area contributed by atoms with Crippen LogP contribution in [-0.4, -0.2) is 28.1 Å². The fraction of sp³-hybridized carbons (Fsp3) is 0.267. The second-order valence-corrected chi connectivity index (χ2v) is 11.7. The topological polar surface area (TPSA) is 126 Å². The van der Waals surface area contributed by atoms with E-state index in [0.29, 0.717) is 35.7 Å².